The lowest BCUT2D eigenvalue weighted by Crippen LogP contribution is -2.36. The predicted molar refractivity (Wildman–Crippen MR) is 66.8 cm³/mol. The van der Waals surface area contributed by atoms with Crippen molar-refractivity contribution >= 4 is 28.5 Å². The molecule has 94 valence electrons. The Kier molecular flexibility index (Phi) is 4.79. The summed E-state index contributed by atoms with van der Waals surface area (Å²) < 4.78 is 37.0. The monoisotopic (exact) mass is 357 g/mol. The van der Waals surface area contributed by atoms with Crippen LogP contribution in [0.5, 0.6) is 0 Å². The molecular weight excluding hydrogens is 346 g/mol. The standard InChI is InChI=1S/C11H11F3INO/c1-7(6-11(12,13)14)16-10(17)8-4-2-3-5-9(8)15/h2-5,7H,6H2,1H3,(H,16,17). The highest BCUT2D eigenvalue weighted by molar-refractivity contribution is 14.1. The second kappa shape index (κ2) is 5.70. The average molecular weight is 357 g/mol. The van der Waals surface area contributed by atoms with Crippen molar-refractivity contribution in [2.45, 2.75) is 25.6 Å². The van der Waals surface area contributed by atoms with E-state index >= 15 is 0 Å². The summed E-state index contributed by atoms with van der Waals surface area (Å²) in [6.07, 6.45) is -5.29. The van der Waals surface area contributed by atoms with Gasteiger partial charge in [0.05, 0.1) is 12.0 Å². The molecule has 1 N–H and O–H groups in total. The molecule has 0 aliphatic heterocycles. The Balaban J connectivity index is 2.64. The Labute approximate surface area is 111 Å². The van der Waals surface area contributed by atoms with E-state index in [0.717, 1.165) is 0 Å². The summed E-state index contributed by atoms with van der Waals surface area (Å²) in [6, 6.07) is 5.81. The van der Waals surface area contributed by atoms with Gasteiger partial charge in [0, 0.05) is 9.61 Å². The van der Waals surface area contributed by atoms with Gasteiger partial charge in [-0.2, -0.15) is 13.2 Å². The Hall–Kier alpha value is -0.790. The summed E-state index contributed by atoms with van der Waals surface area (Å²) >= 11 is 1.97. The third kappa shape index (κ3) is 4.93. The third-order valence-corrected chi connectivity index (χ3v) is 2.97. The van der Waals surface area contributed by atoms with Crippen molar-refractivity contribution in [2.24, 2.45) is 0 Å². The number of carbonyl (C=O) groups excluding carboxylic acids is 1. The van der Waals surface area contributed by atoms with Crippen molar-refractivity contribution in [2.75, 3.05) is 0 Å². The summed E-state index contributed by atoms with van der Waals surface area (Å²) in [5.74, 6) is -0.480. The summed E-state index contributed by atoms with van der Waals surface area (Å²) in [5.41, 5.74) is 0.391. The maximum Gasteiger partial charge on any atom is 0.391 e. The molecule has 1 amide bonds. The van der Waals surface area contributed by atoms with Gasteiger partial charge in [0.2, 0.25) is 0 Å². The normalized spacial score (nSPS) is 13.2. The van der Waals surface area contributed by atoms with E-state index in [0.29, 0.717) is 9.13 Å². The van der Waals surface area contributed by atoms with Crippen LogP contribution in [0.2, 0.25) is 0 Å². The van der Waals surface area contributed by atoms with Crippen LogP contribution in [0.15, 0.2) is 24.3 Å². The zero-order valence-corrected chi connectivity index (χ0v) is 11.2. The molecule has 0 saturated heterocycles. The van der Waals surface area contributed by atoms with Gasteiger partial charge in [0.25, 0.3) is 5.91 Å². The minimum Gasteiger partial charge on any atom is -0.349 e. The number of nitrogens with one attached hydrogen (secondary N) is 1. The molecule has 2 nitrogen and oxygen atoms in total. The van der Waals surface area contributed by atoms with E-state index in [9.17, 15) is 18.0 Å². The first-order chi connectivity index (χ1) is 7.79. The van der Waals surface area contributed by atoms with E-state index in [4.69, 9.17) is 0 Å². The molecule has 0 fully saturated rings. The van der Waals surface area contributed by atoms with E-state index in [-0.39, 0.29) is 0 Å². The van der Waals surface area contributed by atoms with Crippen LogP contribution in [-0.2, 0) is 0 Å². The Morgan fingerprint density at radius 1 is 1.41 bits per heavy atom. The van der Waals surface area contributed by atoms with Crippen LogP contribution in [0.1, 0.15) is 23.7 Å². The molecule has 17 heavy (non-hydrogen) atoms. The van der Waals surface area contributed by atoms with Crippen LogP contribution in [0, 0.1) is 3.57 Å². The summed E-state index contributed by atoms with van der Waals surface area (Å²) in [7, 11) is 0. The van der Waals surface area contributed by atoms with Crippen molar-refractivity contribution in [3.8, 4) is 0 Å². The van der Waals surface area contributed by atoms with Gasteiger partial charge in [0.15, 0.2) is 0 Å². The molecule has 0 spiro atoms. The summed E-state index contributed by atoms with van der Waals surface area (Å²) in [4.78, 5) is 11.7. The van der Waals surface area contributed by atoms with E-state index in [1.54, 1.807) is 24.3 Å². The van der Waals surface area contributed by atoms with E-state index in [1.165, 1.54) is 6.92 Å². The number of carbonyl (C=O) groups is 1. The van der Waals surface area contributed by atoms with Crippen molar-refractivity contribution in [3.05, 3.63) is 33.4 Å². The Morgan fingerprint density at radius 3 is 2.53 bits per heavy atom. The lowest BCUT2D eigenvalue weighted by atomic mass is 10.2. The van der Waals surface area contributed by atoms with Gasteiger partial charge in [0.1, 0.15) is 0 Å². The zero-order valence-electron chi connectivity index (χ0n) is 9.01. The molecule has 1 aromatic rings. The predicted octanol–water partition coefficient (Wildman–Crippen LogP) is 3.36. The Morgan fingerprint density at radius 2 is 2.00 bits per heavy atom. The van der Waals surface area contributed by atoms with Crippen molar-refractivity contribution in [3.63, 3.8) is 0 Å². The van der Waals surface area contributed by atoms with E-state index in [2.05, 4.69) is 5.32 Å². The smallest absolute Gasteiger partial charge is 0.349 e. The molecule has 1 aromatic carbocycles. The molecule has 0 aliphatic carbocycles. The molecule has 0 saturated carbocycles. The highest BCUT2D eigenvalue weighted by Gasteiger charge is 2.30. The quantitative estimate of drug-likeness (QED) is 0.826. The lowest BCUT2D eigenvalue weighted by molar-refractivity contribution is -0.138. The van der Waals surface area contributed by atoms with Gasteiger partial charge in [-0.3, -0.25) is 4.79 Å². The minimum absolute atomic E-state index is 0.391. The molecular formula is C11H11F3INO. The SMILES string of the molecule is CC(CC(F)(F)F)NC(=O)c1ccccc1I. The van der Waals surface area contributed by atoms with Crippen LogP contribution < -0.4 is 5.32 Å². The minimum atomic E-state index is -4.27. The second-order valence-corrected chi connectivity index (χ2v) is 4.84. The van der Waals surface area contributed by atoms with Gasteiger partial charge in [-0.25, -0.2) is 0 Å². The number of halogens is 4. The number of alkyl halides is 3. The van der Waals surface area contributed by atoms with Gasteiger partial charge in [-0.05, 0) is 41.6 Å². The molecule has 6 heteroatoms. The van der Waals surface area contributed by atoms with E-state index < -0.39 is 24.5 Å². The van der Waals surface area contributed by atoms with Crippen LogP contribution in [-0.4, -0.2) is 18.1 Å². The molecule has 0 aliphatic rings. The van der Waals surface area contributed by atoms with Crippen molar-refractivity contribution in [1.82, 2.24) is 5.32 Å². The Bertz CT molecular complexity index is 406. The fraction of sp³-hybridized carbons (Fsp3) is 0.364. The summed E-state index contributed by atoms with van der Waals surface area (Å²) in [6.45, 7) is 1.33. The summed E-state index contributed by atoms with van der Waals surface area (Å²) in [5, 5.41) is 2.33. The molecule has 1 atom stereocenters. The van der Waals surface area contributed by atoms with Gasteiger partial charge >= 0.3 is 6.18 Å². The van der Waals surface area contributed by atoms with Gasteiger partial charge < -0.3 is 5.32 Å². The second-order valence-electron chi connectivity index (χ2n) is 3.67. The number of benzene rings is 1. The first-order valence-electron chi connectivity index (χ1n) is 4.92. The van der Waals surface area contributed by atoms with E-state index in [1.807, 2.05) is 22.6 Å². The maximum absolute atomic E-state index is 12.1. The van der Waals surface area contributed by atoms with Gasteiger partial charge in [-0.1, -0.05) is 12.1 Å². The number of rotatable bonds is 3. The molecule has 1 rings (SSSR count). The van der Waals surface area contributed by atoms with Gasteiger partial charge in [-0.15, -0.1) is 0 Å². The fourth-order valence-electron chi connectivity index (χ4n) is 1.35. The molecule has 0 bridgehead atoms. The third-order valence-electron chi connectivity index (χ3n) is 2.03. The fourth-order valence-corrected chi connectivity index (χ4v) is 1.98. The number of amides is 1. The molecule has 0 aromatic heterocycles. The lowest BCUT2D eigenvalue weighted by Gasteiger charge is -2.16. The van der Waals surface area contributed by atoms with Crippen LogP contribution in [0.4, 0.5) is 13.2 Å². The highest BCUT2D eigenvalue weighted by atomic mass is 127. The molecule has 0 radical (unpaired) electrons. The highest BCUT2D eigenvalue weighted by Crippen LogP contribution is 2.21. The number of hydrogen-bond acceptors (Lipinski definition) is 1. The largest absolute Gasteiger partial charge is 0.391 e. The molecule has 0 heterocycles. The van der Waals surface area contributed by atoms with Crippen LogP contribution in [0.25, 0.3) is 0 Å². The average Bonchev–Trinajstić information content (AvgIpc) is 2.14. The number of hydrogen-bond donors (Lipinski definition) is 1. The molecule has 1 unspecified atom stereocenters. The van der Waals surface area contributed by atoms with Crippen LogP contribution in [0.3, 0.4) is 0 Å². The van der Waals surface area contributed by atoms with Crippen molar-refractivity contribution < 1.29 is 18.0 Å². The first-order valence-corrected chi connectivity index (χ1v) is 5.99. The first kappa shape index (κ1) is 14.3. The maximum atomic E-state index is 12.1. The van der Waals surface area contributed by atoms with Crippen LogP contribution >= 0.6 is 22.6 Å². The topological polar surface area (TPSA) is 29.1 Å². The van der Waals surface area contributed by atoms with Crippen molar-refractivity contribution in [1.29, 1.82) is 0 Å². The zero-order chi connectivity index (χ0) is 13.1.